The van der Waals surface area contributed by atoms with Gasteiger partial charge in [-0.1, -0.05) is 92.2 Å². The number of benzene rings is 4. The van der Waals surface area contributed by atoms with Crippen molar-refractivity contribution in [3.05, 3.63) is 137 Å². The number of aromatic nitrogens is 1. The van der Waals surface area contributed by atoms with Crippen LogP contribution in [0, 0.1) is 0 Å². The molecule has 6 rings (SSSR count). The van der Waals surface area contributed by atoms with Gasteiger partial charge in [0.05, 0.1) is 13.0 Å². The van der Waals surface area contributed by atoms with Gasteiger partial charge >= 0.3 is 5.97 Å². The summed E-state index contributed by atoms with van der Waals surface area (Å²) in [6.07, 6.45) is 1.83. The van der Waals surface area contributed by atoms with E-state index in [2.05, 4.69) is 30.1 Å². The minimum absolute atomic E-state index is 0.330. The number of nitrogens with one attached hydrogen (secondary N) is 1. The summed E-state index contributed by atoms with van der Waals surface area (Å²) in [7, 11) is 1.65. The second-order valence-corrected chi connectivity index (χ2v) is 9.82. The van der Waals surface area contributed by atoms with Crippen LogP contribution in [0.15, 0.2) is 114 Å². The predicted octanol–water partition coefficient (Wildman–Crippen LogP) is 7.16. The molecule has 0 saturated heterocycles. The monoisotopic (exact) mass is 514 g/mol. The van der Waals surface area contributed by atoms with Gasteiger partial charge in [-0.15, -0.1) is 0 Å². The van der Waals surface area contributed by atoms with Gasteiger partial charge in [-0.3, -0.25) is 0 Å². The van der Waals surface area contributed by atoms with E-state index in [1.165, 1.54) is 5.56 Å². The Balaban J connectivity index is 1.68. The van der Waals surface area contributed by atoms with Gasteiger partial charge in [0.15, 0.2) is 5.54 Å². The number of fused-ring (bicyclic) bond motifs is 1. The van der Waals surface area contributed by atoms with E-state index in [4.69, 9.17) is 14.5 Å². The van der Waals surface area contributed by atoms with Crippen molar-refractivity contribution in [2.24, 2.45) is 4.99 Å². The van der Waals surface area contributed by atoms with Crippen LogP contribution < -0.4 is 4.74 Å². The molecule has 0 saturated carbocycles. The van der Waals surface area contributed by atoms with Gasteiger partial charge in [0.2, 0.25) is 5.90 Å². The van der Waals surface area contributed by atoms with Crippen molar-refractivity contribution >= 4 is 22.8 Å². The maximum Gasteiger partial charge on any atom is 0.346 e. The number of ether oxygens (including phenoxy) is 2. The van der Waals surface area contributed by atoms with Crippen LogP contribution in [0.25, 0.3) is 10.9 Å². The number of cyclic esters (lactones) is 1. The highest BCUT2D eigenvalue weighted by atomic mass is 16.6. The van der Waals surface area contributed by atoms with Crippen molar-refractivity contribution in [3.8, 4) is 5.75 Å². The van der Waals surface area contributed by atoms with Crippen LogP contribution in [0.4, 0.5) is 0 Å². The average Bonchev–Trinajstić information content (AvgIpc) is 3.53. The number of aromatic amines is 1. The van der Waals surface area contributed by atoms with Crippen molar-refractivity contribution in [2.45, 2.75) is 31.2 Å². The van der Waals surface area contributed by atoms with Gasteiger partial charge in [-0.25, -0.2) is 9.79 Å². The summed E-state index contributed by atoms with van der Waals surface area (Å²) in [6, 6.07) is 35.7. The minimum atomic E-state index is -1.34. The molecule has 1 aliphatic heterocycles. The van der Waals surface area contributed by atoms with Gasteiger partial charge in [0, 0.05) is 22.2 Å². The summed E-state index contributed by atoms with van der Waals surface area (Å²) in [6.45, 7) is 2.18. The highest BCUT2D eigenvalue weighted by Gasteiger charge is 2.55. The first-order chi connectivity index (χ1) is 19.2. The number of aryl methyl sites for hydroxylation is 1. The van der Waals surface area contributed by atoms with Crippen LogP contribution in [0.5, 0.6) is 5.75 Å². The lowest BCUT2D eigenvalue weighted by atomic mass is 9.72. The maximum atomic E-state index is 14.3. The van der Waals surface area contributed by atoms with E-state index in [1.807, 2.05) is 91.0 Å². The molecule has 1 aliphatic rings. The molecule has 39 heavy (non-hydrogen) atoms. The molecule has 0 unspecified atom stereocenters. The molecule has 4 aromatic carbocycles. The largest absolute Gasteiger partial charge is 0.497 e. The van der Waals surface area contributed by atoms with Crippen molar-refractivity contribution in [1.82, 2.24) is 4.98 Å². The Labute approximate surface area is 228 Å². The molecule has 0 fully saturated rings. The maximum absolute atomic E-state index is 14.3. The van der Waals surface area contributed by atoms with E-state index in [0.29, 0.717) is 5.90 Å². The van der Waals surface area contributed by atoms with E-state index in [1.54, 1.807) is 7.11 Å². The number of hydrogen-bond acceptors (Lipinski definition) is 4. The first kappa shape index (κ1) is 24.7. The molecule has 194 valence electrons. The first-order valence-corrected chi connectivity index (χ1v) is 13.3. The lowest BCUT2D eigenvalue weighted by Crippen LogP contribution is -2.39. The Morgan fingerprint density at radius 2 is 1.54 bits per heavy atom. The fraction of sp³-hybridized carbons (Fsp3) is 0.176. The Morgan fingerprint density at radius 3 is 2.23 bits per heavy atom. The third-order valence-corrected chi connectivity index (χ3v) is 7.52. The van der Waals surface area contributed by atoms with E-state index in [9.17, 15) is 4.79 Å². The lowest BCUT2D eigenvalue weighted by molar-refractivity contribution is -0.140. The second-order valence-electron chi connectivity index (χ2n) is 9.82. The molecule has 0 aliphatic carbocycles. The fourth-order valence-electron chi connectivity index (χ4n) is 5.72. The second kappa shape index (κ2) is 10.3. The third-order valence-electron chi connectivity index (χ3n) is 7.52. The Hall–Kier alpha value is -4.64. The zero-order chi connectivity index (χ0) is 26.8. The molecule has 0 bridgehead atoms. The zero-order valence-electron chi connectivity index (χ0n) is 22.1. The molecule has 0 radical (unpaired) electrons. The number of rotatable bonds is 8. The SMILES string of the molecule is CCCc1c([C@@H](c2ccc(OC)cc2)[C@]2(c3ccccc3)N=C(c3ccccc3)OC2=O)[nH]c2ccccc12. The van der Waals surface area contributed by atoms with Crippen molar-refractivity contribution < 1.29 is 14.3 Å². The van der Waals surface area contributed by atoms with Gasteiger partial charge in [0.25, 0.3) is 0 Å². The number of H-pyrrole nitrogens is 1. The van der Waals surface area contributed by atoms with Crippen LogP contribution in [-0.4, -0.2) is 24.0 Å². The van der Waals surface area contributed by atoms with Gasteiger partial charge in [-0.05, 0) is 53.4 Å². The summed E-state index contributed by atoms with van der Waals surface area (Å²) >= 11 is 0. The summed E-state index contributed by atoms with van der Waals surface area (Å²) in [5, 5.41) is 1.16. The van der Waals surface area contributed by atoms with E-state index in [0.717, 1.165) is 51.9 Å². The fourth-order valence-corrected chi connectivity index (χ4v) is 5.72. The van der Waals surface area contributed by atoms with Crippen LogP contribution >= 0.6 is 0 Å². The molecule has 5 heteroatoms. The van der Waals surface area contributed by atoms with Crippen LogP contribution in [0.2, 0.25) is 0 Å². The van der Waals surface area contributed by atoms with Gasteiger partial charge in [-0.2, -0.15) is 0 Å². The highest BCUT2D eigenvalue weighted by molar-refractivity contribution is 6.09. The van der Waals surface area contributed by atoms with E-state index in [-0.39, 0.29) is 0 Å². The van der Waals surface area contributed by atoms with Crippen LogP contribution in [0.3, 0.4) is 0 Å². The molecule has 5 nitrogen and oxygen atoms in total. The predicted molar refractivity (Wildman–Crippen MR) is 154 cm³/mol. The average molecular weight is 515 g/mol. The van der Waals surface area contributed by atoms with Gasteiger partial charge in [0.1, 0.15) is 5.75 Å². The Bertz CT molecular complexity index is 1640. The molecular formula is C34H30N2O3. The number of esters is 1. The third kappa shape index (κ3) is 4.20. The smallest absolute Gasteiger partial charge is 0.346 e. The Morgan fingerprint density at radius 1 is 0.872 bits per heavy atom. The van der Waals surface area contributed by atoms with E-state index >= 15 is 0 Å². The molecular weight excluding hydrogens is 484 g/mol. The normalized spacial score (nSPS) is 17.6. The molecule has 2 atom stereocenters. The molecule has 1 N–H and O–H groups in total. The minimum Gasteiger partial charge on any atom is -0.497 e. The number of carbonyl (C=O) groups excluding carboxylic acids is 1. The van der Waals surface area contributed by atoms with Gasteiger partial charge < -0.3 is 14.5 Å². The molecule has 2 heterocycles. The Kier molecular flexibility index (Phi) is 6.49. The summed E-state index contributed by atoms with van der Waals surface area (Å²) in [5.41, 5.74) is 4.35. The number of nitrogens with zero attached hydrogens (tertiary/aromatic N) is 1. The summed E-state index contributed by atoms with van der Waals surface area (Å²) < 4.78 is 11.5. The summed E-state index contributed by atoms with van der Waals surface area (Å²) in [4.78, 5) is 23.2. The molecule has 5 aromatic rings. The first-order valence-electron chi connectivity index (χ1n) is 13.3. The van der Waals surface area contributed by atoms with Crippen LogP contribution in [-0.2, 0) is 21.5 Å². The van der Waals surface area contributed by atoms with Crippen molar-refractivity contribution in [2.75, 3.05) is 7.11 Å². The van der Waals surface area contributed by atoms with E-state index < -0.39 is 17.4 Å². The zero-order valence-corrected chi connectivity index (χ0v) is 22.1. The van der Waals surface area contributed by atoms with Crippen LogP contribution in [0.1, 0.15) is 47.2 Å². The number of aliphatic imine (C=N–C) groups is 1. The quantitative estimate of drug-likeness (QED) is 0.224. The topological polar surface area (TPSA) is 63.7 Å². The molecule has 1 aromatic heterocycles. The van der Waals surface area contributed by atoms with Crippen molar-refractivity contribution in [3.63, 3.8) is 0 Å². The molecule has 0 spiro atoms. The standard InChI is InChI=1S/C34H30N2O3/c1-3-12-28-27-17-10-11-18-29(27)35-31(28)30(23-19-21-26(38-2)22-20-23)34(25-15-8-5-9-16-25)33(37)39-32(36-34)24-13-6-4-7-14-24/h4-11,13-22,30,35H,3,12H2,1-2H3/t30-,34+/m1/s1. The highest BCUT2D eigenvalue weighted by Crippen LogP contribution is 2.50. The van der Waals surface area contributed by atoms with Crippen molar-refractivity contribution in [1.29, 1.82) is 0 Å². The summed E-state index contributed by atoms with van der Waals surface area (Å²) in [5.74, 6) is 0.207. The number of carbonyl (C=O) groups is 1. The number of hydrogen-bond donors (Lipinski definition) is 1. The molecule has 0 amide bonds. The number of para-hydroxylation sites is 1. The number of methoxy groups -OCH3 is 1. The lowest BCUT2D eigenvalue weighted by Gasteiger charge is -2.33.